The topological polar surface area (TPSA) is 31.7 Å². The van der Waals surface area contributed by atoms with Gasteiger partial charge in [0.2, 0.25) is 0 Å². The Bertz CT molecular complexity index is 604. The lowest BCUT2D eigenvalue weighted by atomic mass is 10.2. The molecule has 0 aliphatic carbocycles. The molecule has 1 aliphatic rings. The average Bonchev–Trinajstić information content (AvgIpc) is 2.57. The molecule has 5 heteroatoms. The summed E-state index contributed by atoms with van der Waals surface area (Å²) in [6.07, 6.45) is 5.47. The molecule has 0 unspecified atom stereocenters. The summed E-state index contributed by atoms with van der Waals surface area (Å²) in [7, 11) is 0. The second-order valence-electron chi connectivity index (χ2n) is 5.38. The van der Waals surface area contributed by atoms with Gasteiger partial charge >= 0.3 is 0 Å². The summed E-state index contributed by atoms with van der Waals surface area (Å²) in [5.74, 6) is 0. The van der Waals surface area contributed by atoms with E-state index in [1.165, 1.54) is 5.56 Å². The Morgan fingerprint density at radius 2 is 1.68 bits per heavy atom. The van der Waals surface area contributed by atoms with E-state index in [2.05, 4.69) is 32.1 Å². The summed E-state index contributed by atoms with van der Waals surface area (Å²) in [5, 5.41) is 7.46. The molecule has 1 aromatic carbocycles. The summed E-state index contributed by atoms with van der Waals surface area (Å²) >= 11 is 5.92. The van der Waals surface area contributed by atoms with Crippen LogP contribution in [0.1, 0.15) is 11.1 Å². The Morgan fingerprint density at radius 3 is 2.36 bits per heavy atom. The van der Waals surface area contributed by atoms with Crippen LogP contribution in [0.25, 0.3) is 0 Å². The van der Waals surface area contributed by atoms with Crippen molar-refractivity contribution < 1.29 is 0 Å². The Labute approximate surface area is 136 Å². The first kappa shape index (κ1) is 15.0. The minimum atomic E-state index is 0.791. The number of rotatable bonds is 4. The highest BCUT2D eigenvalue weighted by molar-refractivity contribution is 6.30. The van der Waals surface area contributed by atoms with Crippen molar-refractivity contribution in [3.63, 3.8) is 0 Å². The fourth-order valence-electron chi connectivity index (χ4n) is 2.46. The minimum Gasteiger partial charge on any atom is -0.295 e. The van der Waals surface area contributed by atoms with Crippen molar-refractivity contribution in [2.75, 3.05) is 26.2 Å². The number of nitrogens with zero attached hydrogens (tertiary/aromatic N) is 4. The van der Waals surface area contributed by atoms with Crippen LogP contribution in [0.5, 0.6) is 0 Å². The number of hydrogen-bond donors (Lipinski definition) is 0. The summed E-state index contributed by atoms with van der Waals surface area (Å²) in [4.78, 5) is 6.45. The standard InChI is InChI=1S/C17H19ClN4/c18-17-3-1-16(2-4-17)14-21-9-11-22(12-10-21)20-13-15-5-7-19-8-6-15/h1-8,13H,9-12,14H2. The molecule has 1 aliphatic heterocycles. The molecule has 0 amide bonds. The molecule has 2 heterocycles. The van der Waals surface area contributed by atoms with E-state index < -0.39 is 0 Å². The molecule has 2 aromatic rings. The zero-order valence-electron chi connectivity index (χ0n) is 12.4. The molecule has 0 radical (unpaired) electrons. The maximum atomic E-state index is 5.92. The third-order valence-corrected chi connectivity index (χ3v) is 4.00. The average molecular weight is 315 g/mol. The van der Waals surface area contributed by atoms with Crippen molar-refractivity contribution >= 4 is 17.8 Å². The number of hydrazone groups is 1. The predicted octanol–water partition coefficient (Wildman–Crippen LogP) is 2.89. The van der Waals surface area contributed by atoms with Crippen molar-refractivity contribution in [1.82, 2.24) is 14.9 Å². The smallest absolute Gasteiger partial charge is 0.0544 e. The lowest BCUT2D eigenvalue weighted by Gasteiger charge is -2.33. The normalized spacial score (nSPS) is 16.3. The van der Waals surface area contributed by atoms with E-state index >= 15 is 0 Å². The number of pyridine rings is 1. The van der Waals surface area contributed by atoms with Gasteiger partial charge < -0.3 is 0 Å². The van der Waals surface area contributed by atoms with Gasteiger partial charge in [0.15, 0.2) is 0 Å². The van der Waals surface area contributed by atoms with Gasteiger partial charge in [0.25, 0.3) is 0 Å². The molecule has 114 valence electrons. The highest BCUT2D eigenvalue weighted by atomic mass is 35.5. The Morgan fingerprint density at radius 1 is 1.00 bits per heavy atom. The van der Waals surface area contributed by atoms with Crippen molar-refractivity contribution in [1.29, 1.82) is 0 Å². The van der Waals surface area contributed by atoms with Gasteiger partial charge in [-0.15, -0.1) is 0 Å². The zero-order chi connectivity index (χ0) is 15.2. The van der Waals surface area contributed by atoms with Crippen molar-refractivity contribution in [3.8, 4) is 0 Å². The first-order chi connectivity index (χ1) is 10.8. The molecule has 1 saturated heterocycles. The summed E-state index contributed by atoms with van der Waals surface area (Å²) in [5.41, 5.74) is 2.39. The van der Waals surface area contributed by atoms with Crippen LogP contribution in [0, 0.1) is 0 Å². The first-order valence-corrected chi connectivity index (χ1v) is 7.83. The van der Waals surface area contributed by atoms with Crippen LogP contribution < -0.4 is 0 Å². The zero-order valence-corrected chi connectivity index (χ0v) is 13.2. The van der Waals surface area contributed by atoms with Crippen molar-refractivity contribution in [2.45, 2.75) is 6.54 Å². The SMILES string of the molecule is Clc1ccc(CN2CCN(N=Cc3ccncc3)CC2)cc1. The van der Waals surface area contributed by atoms with Crippen LogP contribution >= 0.6 is 11.6 Å². The monoisotopic (exact) mass is 314 g/mol. The van der Waals surface area contributed by atoms with E-state index in [-0.39, 0.29) is 0 Å². The van der Waals surface area contributed by atoms with Gasteiger partial charge in [0.05, 0.1) is 6.21 Å². The molecule has 0 bridgehead atoms. The largest absolute Gasteiger partial charge is 0.295 e. The number of halogens is 1. The second kappa shape index (κ2) is 7.38. The quantitative estimate of drug-likeness (QED) is 0.813. The third kappa shape index (κ3) is 4.29. The molecule has 4 nitrogen and oxygen atoms in total. The molecule has 1 fully saturated rings. The second-order valence-corrected chi connectivity index (χ2v) is 5.82. The third-order valence-electron chi connectivity index (χ3n) is 3.74. The van der Waals surface area contributed by atoms with E-state index in [1.807, 2.05) is 30.5 Å². The fraction of sp³-hybridized carbons (Fsp3) is 0.294. The van der Waals surface area contributed by atoms with Crippen LogP contribution in [0.15, 0.2) is 53.9 Å². The molecule has 0 saturated carbocycles. The number of benzene rings is 1. The molecule has 0 atom stereocenters. The predicted molar refractivity (Wildman–Crippen MR) is 90.1 cm³/mol. The summed E-state index contributed by atoms with van der Waals surface area (Å²) in [6.45, 7) is 4.93. The van der Waals surface area contributed by atoms with Crippen LogP contribution in [0.3, 0.4) is 0 Å². The van der Waals surface area contributed by atoms with Gasteiger partial charge in [0, 0.05) is 50.1 Å². The summed E-state index contributed by atoms with van der Waals surface area (Å²) < 4.78 is 0. The maximum Gasteiger partial charge on any atom is 0.0544 e. The van der Waals surface area contributed by atoms with E-state index in [0.29, 0.717) is 0 Å². The van der Waals surface area contributed by atoms with Crippen LogP contribution in [-0.2, 0) is 6.54 Å². The fourth-order valence-corrected chi connectivity index (χ4v) is 2.58. The number of piperazine rings is 1. The van der Waals surface area contributed by atoms with E-state index in [4.69, 9.17) is 11.6 Å². The molecule has 22 heavy (non-hydrogen) atoms. The molecular weight excluding hydrogens is 296 g/mol. The van der Waals surface area contributed by atoms with Gasteiger partial charge in [-0.2, -0.15) is 5.10 Å². The van der Waals surface area contributed by atoms with Crippen molar-refractivity contribution in [2.24, 2.45) is 5.10 Å². The van der Waals surface area contributed by atoms with Gasteiger partial charge in [-0.05, 0) is 35.4 Å². The molecule has 3 rings (SSSR count). The van der Waals surface area contributed by atoms with Gasteiger partial charge in [-0.1, -0.05) is 23.7 Å². The van der Waals surface area contributed by atoms with Gasteiger partial charge in [-0.3, -0.25) is 14.9 Å². The molecule has 0 spiro atoms. The minimum absolute atomic E-state index is 0.791. The maximum absolute atomic E-state index is 5.92. The molecule has 1 aromatic heterocycles. The van der Waals surface area contributed by atoms with E-state index in [9.17, 15) is 0 Å². The molecule has 0 N–H and O–H groups in total. The highest BCUT2D eigenvalue weighted by Crippen LogP contribution is 2.13. The Hall–Kier alpha value is -1.91. The number of hydrogen-bond acceptors (Lipinski definition) is 4. The van der Waals surface area contributed by atoms with Crippen LogP contribution in [0.2, 0.25) is 5.02 Å². The summed E-state index contributed by atoms with van der Waals surface area (Å²) in [6, 6.07) is 12.0. The van der Waals surface area contributed by atoms with Gasteiger partial charge in [0.1, 0.15) is 0 Å². The van der Waals surface area contributed by atoms with Crippen molar-refractivity contribution in [3.05, 3.63) is 64.9 Å². The Balaban J connectivity index is 1.48. The highest BCUT2D eigenvalue weighted by Gasteiger charge is 2.15. The van der Waals surface area contributed by atoms with E-state index in [1.54, 1.807) is 12.4 Å². The number of aromatic nitrogens is 1. The lowest BCUT2D eigenvalue weighted by molar-refractivity contribution is 0.131. The van der Waals surface area contributed by atoms with E-state index in [0.717, 1.165) is 43.3 Å². The Kier molecular flexibility index (Phi) is 5.03. The molecular formula is C17H19ClN4. The van der Waals surface area contributed by atoms with Crippen LogP contribution in [0.4, 0.5) is 0 Å². The van der Waals surface area contributed by atoms with Crippen LogP contribution in [-0.4, -0.2) is 47.3 Å². The first-order valence-electron chi connectivity index (χ1n) is 7.45. The lowest BCUT2D eigenvalue weighted by Crippen LogP contribution is -2.43. The van der Waals surface area contributed by atoms with Gasteiger partial charge in [-0.25, -0.2) is 0 Å².